The van der Waals surface area contributed by atoms with Gasteiger partial charge < -0.3 is 20.4 Å². The molecule has 1 aliphatic carbocycles. The minimum atomic E-state index is -4.52. The average Bonchev–Trinajstić information content (AvgIpc) is 3.34. The number of hydrogen-bond donors (Lipinski definition) is 2. The van der Waals surface area contributed by atoms with E-state index in [0.717, 1.165) is 57.2 Å². The Balaban J connectivity index is 1.21. The fraction of sp³-hybridized carbons (Fsp3) is 0.500. The van der Waals surface area contributed by atoms with Crippen LogP contribution in [0.3, 0.4) is 0 Å². The number of oxazole rings is 1. The van der Waals surface area contributed by atoms with E-state index in [1.54, 1.807) is 6.20 Å². The molecule has 192 valence electrons. The van der Waals surface area contributed by atoms with Crippen LogP contribution in [0, 0.1) is 11.8 Å². The monoisotopic (exact) mass is 500 g/mol. The second kappa shape index (κ2) is 10.4. The Morgan fingerprint density at radius 1 is 1.03 bits per heavy atom. The van der Waals surface area contributed by atoms with Crippen molar-refractivity contribution < 1.29 is 17.6 Å². The van der Waals surface area contributed by atoms with Crippen LogP contribution in [0.5, 0.6) is 0 Å². The second-order valence-electron chi connectivity index (χ2n) is 9.90. The highest BCUT2D eigenvalue weighted by Gasteiger charge is 2.35. The summed E-state index contributed by atoms with van der Waals surface area (Å²) in [6, 6.07) is 8.34. The molecule has 0 radical (unpaired) electrons. The number of aromatic nitrogens is 3. The number of benzene rings is 1. The van der Waals surface area contributed by atoms with Crippen molar-refractivity contribution in [2.24, 2.45) is 11.8 Å². The van der Waals surface area contributed by atoms with Crippen molar-refractivity contribution in [1.82, 2.24) is 15.0 Å². The number of rotatable bonds is 6. The minimum Gasteiger partial charge on any atom is -0.424 e. The molecule has 1 saturated heterocycles. The zero-order chi connectivity index (χ0) is 25.1. The lowest BCUT2D eigenvalue weighted by atomic mass is 9.77. The minimum absolute atomic E-state index is 0.274. The van der Waals surface area contributed by atoms with Crippen molar-refractivity contribution in [3.63, 3.8) is 0 Å². The van der Waals surface area contributed by atoms with E-state index in [1.165, 1.54) is 18.8 Å². The van der Waals surface area contributed by atoms with Crippen molar-refractivity contribution >= 4 is 17.4 Å². The number of piperidine rings is 1. The third kappa shape index (κ3) is 5.74. The number of nitrogen functional groups attached to an aromatic ring is 1. The molecule has 0 spiro atoms. The van der Waals surface area contributed by atoms with Crippen molar-refractivity contribution in [1.29, 1.82) is 0 Å². The fourth-order valence-corrected chi connectivity index (χ4v) is 5.56. The number of anilines is 3. The number of nitrogens with one attached hydrogen (secondary N) is 1. The Hall–Kier alpha value is -3.30. The van der Waals surface area contributed by atoms with Gasteiger partial charge in [-0.25, -0.2) is 15.0 Å². The van der Waals surface area contributed by atoms with Crippen molar-refractivity contribution in [2.75, 3.05) is 29.0 Å². The highest BCUT2D eigenvalue weighted by molar-refractivity contribution is 5.62. The van der Waals surface area contributed by atoms with Gasteiger partial charge in [0.1, 0.15) is 0 Å². The molecule has 7 nitrogen and oxygen atoms in total. The van der Waals surface area contributed by atoms with Crippen LogP contribution in [-0.2, 0) is 6.18 Å². The molecule has 1 saturated carbocycles. The van der Waals surface area contributed by atoms with Gasteiger partial charge in [-0.1, -0.05) is 25.0 Å². The van der Waals surface area contributed by atoms with E-state index in [0.29, 0.717) is 35.0 Å². The highest BCUT2D eigenvalue weighted by atomic mass is 19.4. The summed E-state index contributed by atoms with van der Waals surface area (Å²) in [7, 11) is 0. The standard InChI is InChI=1S/C26H31F3N6O/c27-26(28,29)24-31-13-21(14-32-24)35-10-4-5-17(16-35)11-18-6-1-2-9-22(18)34-25-33-15-23(36-25)19-7-3-8-20(30)12-19/h3,7-8,12-15,17-18,22H,1-2,4-6,9-11,16,30H2,(H,33,34)/t17-,18+,22-/m1/s1. The fourth-order valence-electron chi connectivity index (χ4n) is 5.56. The van der Waals surface area contributed by atoms with Crippen molar-refractivity contribution in [3.8, 4) is 11.3 Å². The summed E-state index contributed by atoms with van der Waals surface area (Å²) in [5.41, 5.74) is 8.12. The largest absolute Gasteiger partial charge is 0.451 e. The molecule has 3 heterocycles. The van der Waals surface area contributed by atoms with Crippen LogP contribution >= 0.6 is 0 Å². The first kappa shape index (κ1) is 24.4. The normalized spacial score (nSPS) is 23.0. The number of hydrogen-bond acceptors (Lipinski definition) is 7. The maximum Gasteiger partial charge on any atom is 0.451 e. The van der Waals surface area contributed by atoms with Gasteiger partial charge in [-0.3, -0.25) is 0 Å². The molecule has 2 fully saturated rings. The summed E-state index contributed by atoms with van der Waals surface area (Å²) < 4.78 is 44.5. The first-order chi connectivity index (χ1) is 17.3. The highest BCUT2D eigenvalue weighted by Crippen LogP contribution is 2.36. The van der Waals surface area contributed by atoms with Crippen LogP contribution in [0.2, 0.25) is 0 Å². The number of nitrogens with two attached hydrogens (primary N) is 1. The molecule has 5 rings (SSSR count). The van der Waals surface area contributed by atoms with E-state index in [2.05, 4.69) is 25.2 Å². The number of halogens is 3. The molecule has 1 aliphatic heterocycles. The van der Waals surface area contributed by atoms with Crippen LogP contribution in [0.4, 0.5) is 30.6 Å². The van der Waals surface area contributed by atoms with E-state index >= 15 is 0 Å². The molecule has 2 aliphatic rings. The van der Waals surface area contributed by atoms with Crippen LogP contribution in [0.1, 0.15) is 50.8 Å². The summed E-state index contributed by atoms with van der Waals surface area (Å²) in [4.78, 5) is 13.7. The average molecular weight is 501 g/mol. The summed E-state index contributed by atoms with van der Waals surface area (Å²) in [6.07, 6.45) is 7.52. The van der Waals surface area contributed by atoms with E-state index in [-0.39, 0.29) is 6.04 Å². The Morgan fingerprint density at radius 3 is 2.61 bits per heavy atom. The van der Waals surface area contributed by atoms with E-state index < -0.39 is 12.0 Å². The Kier molecular flexibility index (Phi) is 7.02. The first-order valence-electron chi connectivity index (χ1n) is 12.6. The van der Waals surface area contributed by atoms with Crippen LogP contribution in [0.15, 0.2) is 47.3 Å². The molecular weight excluding hydrogens is 469 g/mol. The zero-order valence-electron chi connectivity index (χ0n) is 20.0. The molecule has 10 heteroatoms. The van der Waals surface area contributed by atoms with Gasteiger partial charge in [-0.05, 0) is 56.1 Å². The molecular formula is C26H31F3N6O. The predicted molar refractivity (Wildman–Crippen MR) is 132 cm³/mol. The Labute approximate surface area is 208 Å². The number of alkyl halides is 3. The number of nitrogens with zero attached hydrogens (tertiary/aromatic N) is 4. The molecule has 3 N–H and O–H groups in total. The molecule has 1 aromatic carbocycles. The summed E-state index contributed by atoms with van der Waals surface area (Å²) >= 11 is 0. The lowest BCUT2D eigenvalue weighted by molar-refractivity contribution is -0.144. The second-order valence-corrected chi connectivity index (χ2v) is 9.90. The predicted octanol–water partition coefficient (Wildman–Crippen LogP) is 6.01. The van der Waals surface area contributed by atoms with Gasteiger partial charge >= 0.3 is 6.18 Å². The van der Waals surface area contributed by atoms with Gasteiger partial charge in [-0.15, -0.1) is 0 Å². The Bertz CT molecular complexity index is 1150. The topological polar surface area (TPSA) is 93.1 Å². The van der Waals surface area contributed by atoms with Crippen molar-refractivity contribution in [3.05, 3.63) is 48.7 Å². The van der Waals surface area contributed by atoms with E-state index in [9.17, 15) is 13.2 Å². The Morgan fingerprint density at radius 2 is 1.83 bits per heavy atom. The summed E-state index contributed by atoms with van der Waals surface area (Å²) in [5, 5.41) is 3.54. The third-order valence-corrected chi connectivity index (χ3v) is 7.31. The van der Waals surface area contributed by atoms with Crippen LogP contribution in [0.25, 0.3) is 11.3 Å². The van der Waals surface area contributed by atoms with Crippen LogP contribution in [-0.4, -0.2) is 34.1 Å². The summed E-state index contributed by atoms with van der Waals surface area (Å²) in [6.45, 7) is 1.61. The molecule has 0 bridgehead atoms. The SMILES string of the molecule is Nc1cccc(-c2cnc(N[C@@H]3CCCC[C@H]3C[C@H]3CCCN(c4cnc(C(F)(F)F)nc4)C3)o2)c1. The van der Waals surface area contributed by atoms with Gasteiger partial charge in [0.15, 0.2) is 5.76 Å². The summed E-state index contributed by atoms with van der Waals surface area (Å²) in [5.74, 6) is 0.524. The van der Waals surface area contributed by atoms with Crippen LogP contribution < -0.4 is 16.0 Å². The molecule has 0 unspecified atom stereocenters. The third-order valence-electron chi connectivity index (χ3n) is 7.31. The maximum atomic E-state index is 12.8. The molecule has 3 atom stereocenters. The van der Waals surface area contributed by atoms with Gasteiger partial charge in [0.05, 0.1) is 24.3 Å². The molecule has 0 amide bonds. The maximum absolute atomic E-state index is 12.8. The molecule has 36 heavy (non-hydrogen) atoms. The van der Waals surface area contributed by atoms with Gasteiger partial charge in [0.2, 0.25) is 5.82 Å². The van der Waals surface area contributed by atoms with Gasteiger partial charge in [0.25, 0.3) is 6.01 Å². The van der Waals surface area contributed by atoms with E-state index in [4.69, 9.17) is 10.2 Å². The van der Waals surface area contributed by atoms with Crippen molar-refractivity contribution in [2.45, 2.75) is 57.2 Å². The lowest BCUT2D eigenvalue weighted by Crippen LogP contribution is -2.39. The first-order valence-corrected chi connectivity index (χ1v) is 12.6. The van der Waals surface area contributed by atoms with Gasteiger partial charge in [0, 0.05) is 30.4 Å². The van der Waals surface area contributed by atoms with Gasteiger partial charge in [-0.2, -0.15) is 13.2 Å². The molecule has 3 aromatic rings. The lowest BCUT2D eigenvalue weighted by Gasteiger charge is -2.38. The van der Waals surface area contributed by atoms with E-state index in [1.807, 2.05) is 24.3 Å². The quantitative estimate of drug-likeness (QED) is 0.400. The zero-order valence-corrected chi connectivity index (χ0v) is 20.0. The molecule has 2 aromatic heterocycles. The smallest absolute Gasteiger partial charge is 0.424 e.